The van der Waals surface area contributed by atoms with E-state index >= 15 is 0 Å². The van der Waals surface area contributed by atoms with E-state index in [4.69, 9.17) is 5.84 Å². The fourth-order valence-corrected chi connectivity index (χ4v) is 2.38. The molecule has 0 saturated heterocycles. The molecule has 3 rings (SSSR count). The zero-order valence-electron chi connectivity index (χ0n) is 12.3. The Hall–Kier alpha value is -2.40. The van der Waals surface area contributed by atoms with E-state index in [0.717, 1.165) is 41.3 Å². The molecule has 3 aromatic rings. The number of nitrogens with one attached hydrogen (secondary N) is 1. The quantitative estimate of drug-likeness (QED) is 0.570. The molecule has 0 aliphatic heterocycles. The van der Waals surface area contributed by atoms with Gasteiger partial charge in [0.15, 0.2) is 5.65 Å². The second-order valence-corrected chi connectivity index (χ2v) is 5.19. The highest BCUT2D eigenvalue weighted by molar-refractivity contribution is 5.65. The number of hydrazine groups is 1. The van der Waals surface area contributed by atoms with Crippen molar-refractivity contribution in [2.45, 2.75) is 26.7 Å². The highest BCUT2D eigenvalue weighted by Gasteiger charge is 2.10. The van der Waals surface area contributed by atoms with Crippen LogP contribution >= 0.6 is 0 Å². The lowest BCUT2D eigenvalue weighted by Crippen LogP contribution is -2.13. The summed E-state index contributed by atoms with van der Waals surface area (Å²) >= 11 is 0. The fourth-order valence-electron chi connectivity index (χ4n) is 2.38. The van der Waals surface area contributed by atoms with Gasteiger partial charge in [0.25, 0.3) is 0 Å². The predicted octanol–water partition coefficient (Wildman–Crippen LogP) is 2.94. The molecule has 5 heteroatoms. The fraction of sp³-hybridized carbons (Fsp3) is 0.250. The Morgan fingerprint density at radius 1 is 1.19 bits per heavy atom. The molecule has 0 unspecified atom stereocenters. The molecule has 0 aliphatic rings. The summed E-state index contributed by atoms with van der Waals surface area (Å²) in [6.45, 7) is 4.21. The van der Waals surface area contributed by atoms with Gasteiger partial charge in [0, 0.05) is 23.4 Å². The van der Waals surface area contributed by atoms with Crippen molar-refractivity contribution in [1.82, 2.24) is 14.6 Å². The summed E-state index contributed by atoms with van der Waals surface area (Å²) in [7, 11) is 0. The van der Waals surface area contributed by atoms with Crippen molar-refractivity contribution in [3.8, 4) is 11.3 Å². The lowest BCUT2D eigenvalue weighted by molar-refractivity contribution is 0.859. The first-order chi connectivity index (χ1) is 10.2. The number of anilines is 1. The molecule has 0 spiro atoms. The van der Waals surface area contributed by atoms with Crippen LogP contribution in [0.3, 0.4) is 0 Å². The third-order valence-electron chi connectivity index (χ3n) is 3.48. The molecule has 1 aromatic carbocycles. The molecule has 0 radical (unpaired) electrons. The van der Waals surface area contributed by atoms with Crippen LogP contribution in [0.15, 0.2) is 36.4 Å². The maximum atomic E-state index is 5.61. The minimum atomic E-state index is 0.752. The normalized spacial score (nSPS) is 11.0. The van der Waals surface area contributed by atoms with Crippen molar-refractivity contribution in [3.05, 3.63) is 47.7 Å². The largest absolute Gasteiger partial charge is 0.308 e. The van der Waals surface area contributed by atoms with Crippen LogP contribution in [0, 0.1) is 6.92 Å². The standard InChI is InChI=1S/C16H19N5/c1-3-4-13-9-16(19-17)21-15(18-13)10-14(20-21)12-7-5-11(2)6-8-12/h5-10,19H,3-4,17H2,1-2H3. The number of rotatable bonds is 4. The minimum Gasteiger partial charge on any atom is -0.308 e. The third kappa shape index (κ3) is 2.60. The number of nitrogens with zero attached hydrogens (tertiary/aromatic N) is 3. The summed E-state index contributed by atoms with van der Waals surface area (Å²) in [5.41, 5.74) is 7.74. The number of hydrogen-bond acceptors (Lipinski definition) is 4. The number of benzene rings is 1. The van der Waals surface area contributed by atoms with Gasteiger partial charge in [-0.1, -0.05) is 43.2 Å². The van der Waals surface area contributed by atoms with Crippen molar-refractivity contribution in [2.24, 2.45) is 5.84 Å². The van der Waals surface area contributed by atoms with E-state index in [-0.39, 0.29) is 0 Å². The summed E-state index contributed by atoms with van der Waals surface area (Å²) in [6.07, 6.45) is 1.97. The topological polar surface area (TPSA) is 68.2 Å². The minimum absolute atomic E-state index is 0.752. The van der Waals surface area contributed by atoms with E-state index < -0.39 is 0 Å². The molecule has 108 valence electrons. The van der Waals surface area contributed by atoms with E-state index in [1.54, 1.807) is 4.52 Å². The van der Waals surface area contributed by atoms with E-state index in [0.29, 0.717) is 0 Å². The average molecular weight is 281 g/mol. The Kier molecular flexibility index (Phi) is 3.58. The Morgan fingerprint density at radius 3 is 2.62 bits per heavy atom. The van der Waals surface area contributed by atoms with Crippen LogP contribution in [0.2, 0.25) is 0 Å². The number of hydrogen-bond donors (Lipinski definition) is 2. The van der Waals surface area contributed by atoms with Crippen molar-refractivity contribution >= 4 is 11.5 Å². The number of aryl methyl sites for hydroxylation is 2. The average Bonchev–Trinajstić information content (AvgIpc) is 2.91. The number of fused-ring (bicyclic) bond motifs is 1. The Morgan fingerprint density at radius 2 is 1.95 bits per heavy atom. The van der Waals surface area contributed by atoms with Crippen molar-refractivity contribution in [2.75, 3.05) is 5.43 Å². The number of nitrogens with two attached hydrogens (primary N) is 1. The smallest absolute Gasteiger partial charge is 0.158 e. The van der Waals surface area contributed by atoms with Crippen LogP contribution in [-0.2, 0) is 6.42 Å². The lowest BCUT2D eigenvalue weighted by Gasteiger charge is -2.05. The van der Waals surface area contributed by atoms with Crippen molar-refractivity contribution in [1.29, 1.82) is 0 Å². The lowest BCUT2D eigenvalue weighted by atomic mass is 10.1. The summed E-state index contributed by atoms with van der Waals surface area (Å²) in [6, 6.07) is 12.2. The molecular weight excluding hydrogens is 262 g/mol. The molecule has 0 aliphatic carbocycles. The molecule has 5 nitrogen and oxygen atoms in total. The molecular formula is C16H19N5. The summed E-state index contributed by atoms with van der Waals surface area (Å²) in [5.74, 6) is 6.36. The molecule has 2 aromatic heterocycles. The number of aromatic nitrogens is 3. The maximum absolute atomic E-state index is 5.61. The van der Waals surface area contributed by atoms with Gasteiger partial charge >= 0.3 is 0 Å². The van der Waals surface area contributed by atoms with E-state index in [1.165, 1.54) is 5.56 Å². The zero-order valence-corrected chi connectivity index (χ0v) is 12.3. The van der Waals surface area contributed by atoms with Crippen LogP contribution in [0.4, 0.5) is 5.82 Å². The summed E-state index contributed by atoms with van der Waals surface area (Å²) in [4.78, 5) is 4.64. The Labute approximate surface area is 123 Å². The molecule has 3 N–H and O–H groups in total. The van der Waals surface area contributed by atoms with Crippen molar-refractivity contribution in [3.63, 3.8) is 0 Å². The molecule has 0 atom stereocenters. The van der Waals surface area contributed by atoms with Gasteiger partial charge in [-0.2, -0.15) is 9.61 Å². The monoisotopic (exact) mass is 281 g/mol. The second-order valence-electron chi connectivity index (χ2n) is 5.19. The van der Waals surface area contributed by atoms with Gasteiger partial charge in [0.2, 0.25) is 0 Å². The van der Waals surface area contributed by atoms with E-state index in [9.17, 15) is 0 Å². The van der Waals surface area contributed by atoms with Gasteiger partial charge in [0.1, 0.15) is 5.82 Å². The van der Waals surface area contributed by atoms with Crippen molar-refractivity contribution < 1.29 is 0 Å². The van der Waals surface area contributed by atoms with Crippen LogP contribution in [-0.4, -0.2) is 14.6 Å². The highest BCUT2D eigenvalue weighted by atomic mass is 15.4. The van der Waals surface area contributed by atoms with Gasteiger partial charge in [-0.25, -0.2) is 10.8 Å². The molecule has 21 heavy (non-hydrogen) atoms. The maximum Gasteiger partial charge on any atom is 0.158 e. The first kappa shape index (κ1) is 13.6. The summed E-state index contributed by atoms with van der Waals surface area (Å²) < 4.78 is 1.74. The van der Waals surface area contributed by atoms with Gasteiger partial charge in [-0.15, -0.1) is 0 Å². The molecule has 0 amide bonds. The van der Waals surface area contributed by atoms with Gasteiger partial charge in [-0.05, 0) is 13.3 Å². The van der Waals surface area contributed by atoms with E-state index in [1.807, 2.05) is 12.1 Å². The summed E-state index contributed by atoms with van der Waals surface area (Å²) in [5, 5.41) is 4.60. The van der Waals surface area contributed by atoms with E-state index in [2.05, 4.69) is 53.6 Å². The first-order valence-corrected chi connectivity index (χ1v) is 7.14. The zero-order chi connectivity index (χ0) is 14.8. The third-order valence-corrected chi connectivity index (χ3v) is 3.48. The predicted molar refractivity (Wildman–Crippen MR) is 85.0 cm³/mol. The van der Waals surface area contributed by atoms with Gasteiger partial charge in [-0.3, -0.25) is 0 Å². The number of nitrogen functional groups attached to an aromatic ring is 1. The van der Waals surface area contributed by atoms with Gasteiger partial charge < -0.3 is 5.43 Å². The van der Waals surface area contributed by atoms with Crippen LogP contribution < -0.4 is 11.3 Å². The van der Waals surface area contributed by atoms with Gasteiger partial charge in [0.05, 0.1) is 5.69 Å². The first-order valence-electron chi connectivity index (χ1n) is 7.14. The highest BCUT2D eigenvalue weighted by Crippen LogP contribution is 2.22. The molecule has 0 bridgehead atoms. The molecule has 0 fully saturated rings. The molecule has 0 saturated carbocycles. The second kappa shape index (κ2) is 5.54. The Balaban J connectivity index is 2.12. The van der Waals surface area contributed by atoms with Crippen LogP contribution in [0.25, 0.3) is 16.9 Å². The van der Waals surface area contributed by atoms with Crippen LogP contribution in [0.5, 0.6) is 0 Å². The Bertz CT molecular complexity index is 758. The molecule has 2 heterocycles. The SMILES string of the molecule is CCCc1cc(NN)n2nc(-c3ccc(C)cc3)cc2n1. The van der Waals surface area contributed by atoms with Crippen LogP contribution in [0.1, 0.15) is 24.6 Å².